The smallest absolute Gasteiger partial charge is 0.320 e. The molecule has 0 aliphatic rings. The molecule has 0 aliphatic carbocycles. The van der Waals surface area contributed by atoms with Crippen molar-refractivity contribution in [3.05, 3.63) is 77.5 Å². The third-order valence-corrected chi connectivity index (χ3v) is 4.26. The molecule has 8 heteroatoms. The number of aromatic nitrogens is 2. The van der Waals surface area contributed by atoms with Crippen molar-refractivity contribution in [3.8, 4) is 0 Å². The van der Waals surface area contributed by atoms with Crippen LogP contribution in [0.4, 0.5) is 26.4 Å². The summed E-state index contributed by atoms with van der Waals surface area (Å²) in [4.78, 5) is 20.4. The van der Waals surface area contributed by atoms with E-state index in [1.54, 1.807) is 18.3 Å². The molecule has 1 aromatic carbocycles. The van der Waals surface area contributed by atoms with Crippen molar-refractivity contribution >= 4 is 29.4 Å². The summed E-state index contributed by atoms with van der Waals surface area (Å²) in [6.45, 7) is 3.66. The van der Waals surface area contributed by atoms with Gasteiger partial charge in [-0.1, -0.05) is 30.3 Å². The minimum Gasteiger partial charge on any atom is -0.354 e. The van der Waals surface area contributed by atoms with Gasteiger partial charge in [0.1, 0.15) is 0 Å². The molecule has 2 amide bonds. The van der Waals surface area contributed by atoms with Gasteiger partial charge in [0.05, 0.1) is 23.5 Å². The molecule has 1 unspecified atom stereocenters. The fourth-order valence-corrected chi connectivity index (χ4v) is 2.77. The van der Waals surface area contributed by atoms with Gasteiger partial charge in [0.2, 0.25) is 0 Å². The Balaban J connectivity index is 1.75. The van der Waals surface area contributed by atoms with Gasteiger partial charge in [0, 0.05) is 23.8 Å². The van der Waals surface area contributed by atoms with Crippen LogP contribution in [0, 0.1) is 18.2 Å². The van der Waals surface area contributed by atoms with Gasteiger partial charge < -0.3 is 16.0 Å². The van der Waals surface area contributed by atoms with Crippen LogP contribution in [0.3, 0.4) is 0 Å². The summed E-state index contributed by atoms with van der Waals surface area (Å²) in [6, 6.07) is 12.1. The first-order valence-electron chi connectivity index (χ1n) is 8.99. The Hall–Kier alpha value is -3.81. The maximum atomic E-state index is 14.8. The molecule has 2 heterocycles. The SMILES string of the molecule is Cc1cc(Nc2cnc(NC(=O)NC(C)c3ccccc3)c(F)c2C=N)ccn1. The Morgan fingerprint density at radius 2 is 1.97 bits per heavy atom. The highest BCUT2D eigenvalue weighted by molar-refractivity contribution is 5.93. The van der Waals surface area contributed by atoms with Gasteiger partial charge in [-0.3, -0.25) is 10.3 Å². The van der Waals surface area contributed by atoms with Crippen molar-refractivity contribution in [2.75, 3.05) is 10.6 Å². The van der Waals surface area contributed by atoms with Gasteiger partial charge in [-0.2, -0.15) is 0 Å². The number of urea groups is 1. The summed E-state index contributed by atoms with van der Waals surface area (Å²) in [7, 11) is 0. The van der Waals surface area contributed by atoms with E-state index in [1.807, 2.05) is 44.2 Å². The second-order valence-electron chi connectivity index (χ2n) is 6.43. The van der Waals surface area contributed by atoms with E-state index in [1.165, 1.54) is 6.20 Å². The van der Waals surface area contributed by atoms with E-state index in [4.69, 9.17) is 5.41 Å². The minimum absolute atomic E-state index is 0.0131. The predicted molar refractivity (Wildman–Crippen MR) is 111 cm³/mol. The molecule has 0 fully saturated rings. The summed E-state index contributed by atoms with van der Waals surface area (Å²) in [5, 5.41) is 15.7. The molecule has 0 aliphatic heterocycles. The van der Waals surface area contributed by atoms with Crippen LogP contribution >= 0.6 is 0 Å². The van der Waals surface area contributed by atoms with Crippen LogP contribution < -0.4 is 16.0 Å². The molecule has 3 aromatic rings. The van der Waals surface area contributed by atoms with Crippen LogP contribution in [0.25, 0.3) is 0 Å². The average molecular weight is 392 g/mol. The van der Waals surface area contributed by atoms with Gasteiger partial charge in [-0.25, -0.2) is 14.2 Å². The number of nitrogens with zero attached hydrogens (tertiary/aromatic N) is 2. The second kappa shape index (κ2) is 8.92. The molecule has 0 saturated heterocycles. The van der Waals surface area contributed by atoms with Crippen molar-refractivity contribution in [1.29, 1.82) is 5.41 Å². The summed E-state index contributed by atoms with van der Waals surface area (Å²) in [5.41, 5.74) is 2.70. The Morgan fingerprint density at radius 1 is 1.21 bits per heavy atom. The topological polar surface area (TPSA) is 103 Å². The van der Waals surface area contributed by atoms with E-state index in [2.05, 4.69) is 25.9 Å². The van der Waals surface area contributed by atoms with Gasteiger partial charge in [0.25, 0.3) is 0 Å². The maximum absolute atomic E-state index is 14.8. The number of amides is 2. The van der Waals surface area contributed by atoms with E-state index < -0.39 is 11.8 Å². The quantitative estimate of drug-likeness (QED) is 0.462. The van der Waals surface area contributed by atoms with Crippen LogP contribution in [0.5, 0.6) is 0 Å². The Kier molecular flexibility index (Phi) is 6.13. The van der Waals surface area contributed by atoms with Crippen molar-refractivity contribution < 1.29 is 9.18 Å². The summed E-state index contributed by atoms with van der Waals surface area (Å²) < 4.78 is 14.8. The fourth-order valence-electron chi connectivity index (χ4n) is 2.77. The standard InChI is InChI=1S/C21H21FN6O/c1-13-10-16(8-9-24-13)27-18-12-25-20(19(22)17(18)11-23)28-21(29)26-14(2)15-6-4-3-5-7-15/h3-12,14,23H,1-2H3,(H,24,27)(H2,25,26,28,29). The predicted octanol–water partition coefficient (Wildman–Crippen LogP) is 4.55. The Labute approximate surface area is 167 Å². The zero-order chi connectivity index (χ0) is 20.8. The molecule has 4 N–H and O–H groups in total. The molecule has 0 radical (unpaired) electrons. The second-order valence-corrected chi connectivity index (χ2v) is 6.43. The molecule has 0 bridgehead atoms. The van der Waals surface area contributed by atoms with E-state index in [-0.39, 0.29) is 17.4 Å². The molecule has 1 atom stereocenters. The number of anilines is 3. The number of hydrogen-bond donors (Lipinski definition) is 4. The number of aryl methyl sites for hydroxylation is 1. The maximum Gasteiger partial charge on any atom is 0.320 e. The van der Waals surface area contributed by atoms with E-state index in [0.717, 1.165) is 17.5 Å². The lowest BCUT2D eigenvalue weighted by Crippen LogP contribution is -2.32. The first-order valence-corrected chi connectivity index (χ1v) is 8.99. The molecule has 3 rings (SSSR count). The van der Waals surface area contributed by atoms with Gasteiger partial charge in [0.15, 0.2) is 11.6 Å². The number of pyridine rings is 2. The third-order valence-electron chi connectivity index (χ3n) is 4.26. The lowest BCUT2D eigenvalue weighted by Gasteiger charge is -2.16. The highest BCUT2D eigenvalue weighted by Gasteiger charge is 2.17. The first-order chi connectivity index (χ1) is 14.0. The number of halogens is 1. The number of benzene rings is 1. The molecular formula is C21H21FN6O. The van der Waals surface area contributed by atoms with Gasteiger partial charge in [-0.15, -0.1) is 0 Å². The Morgan fingerprint density at radius 3 is 2.66 bits per heavy atom. The normalized spacial score (nSPS) is 11.4. The average Bonchev–Trinajstić information content (AvgIpc) is 2.71. The van der Waals surface area contributed by atoms with E-state index >= 15 is 0 Å². The first kappa shape index (κ1) is 19.9. The molecular weight excluding hydrogens is 371 g/mol. The minimum atomic E-state index is -0.793. The molecule has 2 aromatic heterocycles. The molecule has 29 heavy (non-hydrogen) atoms. The lowest BCUT2D eigenvalue weighted by molar-refractivity contribution is 0.249. The zero-order valence-electron chi connectivity index (χ0n) is 16.0. The van der Waals surface area contributed by atoms with Crippen LogP contribution in [0.2, 0.25) is 0 Å². The summed E-state index contributed by atoms with van der Waals surface area (Å²) in [5.74, 6) is -1.05. The fraction of sp³-hybridized carbons (Fsp3) is 0.143. The number of nitrogens with one attached hydrogen (secondary N) is 4. The van der Waals surface area contributed by atoms with Gasteiger partial charge >= 0.3 is 6.03 Å². The van der Waals surface area contributed by atoms with Crippen molar-refractivity contribution in [2.24, 2.45) is 0 Å². The third kappa shape index (κ3) is 4.92. The number of rotatable bonds is 6. The highest BCUT2D eigenvalue weighted by atomic mass is 19.1. The van der Waals surface area contributed by atoms with Gasteiger partial charge in [-0.05, 0) is 31.5 Å². The molecule has 7 nitrogen and oxygen atoms in total. The van der Waals surface area contributed by atoms with Crippen LogP contribution in [-0.4, -0.2) is 22.2 Å². The number of hydrogen-bond acceptors (Lipinski definition) is 5. The summed E-state index contributed by atoms with van der Waals surface area (Å²) >= 11 is 0. The van der Waals surface area contributed by atoms with Crippen molar-refractivity contribution in [3.63, 3.8) is 0 Å². The van der Waals surface area contributed by atoms with Crippen LogP contribution in [0.15, 0.2) is 54.9 Å². The van der Waals surface area contributed by atoms with Crippen LogP contribution in [-0.2, 0) is 0 Å². The highest BCUT2D eigenvalue weighted by Crippen LogP contribution is 2.25. The molecule has 0 saturated carbocycles. The van der Waals surface area contributed by atoms with Crippen molar-refractivity contribution in [2.45, 2.75) is 19.9 Å². The lowest BCUT2D eigenvalue weighted by atomic mass is 10.1. The van der Waals surface area contributed by atoms with Crippen LogP contribution in [0.1, 0.15) is 29.8 Å². The Bertz CT molecular complexity index is 1020. The van der Waals surface area contributed by atoms with Crippen molar-refractivity contribution in [1.82, 2.24) is 15.3 Å². The van der Waals surface area contributed by atoms with E-state index in [9.17, 15) is 9.18 Å². The molecule has 148 valence electrons. The zero-order valence-corrected chi connectivity index (χ0v) is 16.0. The largest absolute Gasteiger partial charge is 0.354 e. The summed E-state index contributed by atoms with van der Waals surface area (Å²) in [6.07, 6.45) is 3.87. The molecule has 0 spiro atoms. The number of carbonyl (C=O) groups excluding carboxylic acids is 1. The number of carbonyl (C=O) groups is 1. The monoisotopic (exact) mass is 392 g/mol. The van der Waals surface area contributed by atoms with E-state index in [0.29, 0.717) is 11.4 Å².